The highest BCUT2D eigenvalue weighted by atomic mass is 32.1. The van der Waals surface area contributed by atoms with Gasteiger partial charge in [-0.15, -0.1) is 0 Å². The maximum absolute atomic E-state index is 13.2. The van der Waals surface area contributed by atoms with Gasteiger partial charge in [-0.1, -0.05) is 18.2 Å². The largest absolute Gasteiger partial charge is 0.497 e. The molecule has 0 aliphatic carbocycles. The van der Waals surface area contributed by atoms with E-state index in [9.17, 15) is 9.59 Å². The molecule has 6 nitrogen and oxygen atoms in total. The van der Waals surface area contributed by atoms with Gasteiger partial charge in [-0.3, -0.25) is 19.8 Å². The highest BCUT2D eigenvalue weighted by molar-refractivity contribution is 7.80. The van der Waals surface area contributed by atoms with E-state index in [-0.39, 0.29) is 10.7 Å². The van der Waals surface area contributed by atoms with Crippen LogP contribution in [0.1, 0.15) is 16.8 Å². The maximum Gasteiger partial charge on any atom is 0.270 e. The number of aryl methyl sites for hydroxylation is 2. The van der Waals surface area contributed by atoms with E-state index >= 15 is 0 Å². The number of carbonyl (C=O) groups is 2. The van der Waals surface area contributed by atoms with Crippen LogP contribution in [-0.2, 0) is 9.59 Å². The van der Waals surface area contributed by atoms with Crippen LogP contribution < -0.4 is 15.0 Å². The Balaban J connectivity index is 1.70. The molecule has 4 rings (SSSR count). The summed E-state index contributed by atoms with van der Waals surface area (Å²) < 4.78 is 7.20. The highest BCUT2D eigenvalue weighted by Crippen LogP contribution is 2.26. The first-order valence-electron chi connectivity index (χ1n) is 9.69. The van der Waals surface area contributed by atoms with Crippen LogP contribution in [0, 0.1) is 13.8 Å². The minimum Gasteiger partial charge on any atom is -0.497 e. The van der Waals surface area contributed by atoms with Crippen molar-refractivity contribution >= 4 is 40.9 Å². The fourth-order valence-electron chi connectivity index (χ4n) is 3.56. The number of hydrogen-bond donors (Lipinski definition) is 1. The maximum atomic E-state index is 13.2. The van der Waals surface area contributed by atoms with E-state index in [0.29, 0.717) is 5.69 Å². The summed E-state index contributed by atoms with van der Waals surface area (Å²) in [6.45, 7) is 3.85. The molecule has 156 valence electrons. The number of nitrogens with zero attached hydrogens (tertiary/aromatic N) is 2. The van der Waals surface area contributed by atoms with E-state index in [1.165, 1.54) is 4.90 Å². The number of benzene rings is 2. The first-order valence-corrected chi connectivity index (χ1v) is 10.1. The zero-order chi connectivity index (χ0) is 22.1. The lowest BCUT2D eigenvalue weighted by molar-refractivity contribution is -0.122. The van der Waals surface area contributed by atoms with Gasteiger partial charge in [0, 0.05) is 17.6 Å². The lowest BCUT2D eigenvalue weighted by Gasteiger charge is -2.29. The van der Waals surface area contributed by atoms with Crippen LogP contribution in [0.4, 0.5) is 5.69 Å². The van der Waals surface area contributed by atoms with Crippen molar-refractivity contribution in [2.45, 2.75) is 13.8 Å². The van der Waals surface area contributed by atoms with Gasteiger partial charge in [0.15, 0.2) is 5.11 Å². The van der Waals surface area contributed by atoms with Crippen LogP contribution >= 0.6 is 12.2 Å². The molecule has 1 N–H and O–H groups in total. The van der Waals surface area contributed by atoms with Gasteiger partial charge in [-0.2, -0.15) is 0 Å². The molecule has 1 aliphatic rings. The second-order valence-corrected chi connectivity index (χ2v) is 7.61. The molecular formula is C24H21N3O3S. The normalized spacial score (nSPS) is 15.4. The lowest BCUT2D eigenvalue weighted by Crippen LogP contribution is -2.54. The molecular weight excluding hydrogens is 410 g/mol. The Morgan fingerprint density at radius 2 is 1.74 bits per heavy atom. The van der Waals surface area contributed by atoms with Crippen molar-refractivity contribution in [1.29, 1.82) is 0 Å². The Morgan fingerprint density at radius 3 is 2.42 bits per heavy atom. The Hall–Kier alpha value is -3.71. The summed E-state index contributed by atoms with van der Waals surface area (Å²) in [5.41, 5.74) is 4.22. The molecule has 0 unspecified atom stereocenters. The van der Waals surface area contributed by atoms with Gasteiger partial charge in [0.2, 0.25) is 0 Å². The Labute approximate surface area is 185 Å². The zero-order valence-electron chi connectivity index (χ0n) is 17.4. The molecule has 1 saturated heterocycles. The minimum absolute atomic E-state index is 0.0312. The molecule has 1 aliphatic heterocycles. The zero-order valence-corrected chi connectivity index (χ0v) is 18.2. The van der Waals surface area contributed by atoms with Gasteiger partial charge in [0.25, 0.3) is 11.8 Å². The van der Waals surface area contributed by atoms with Crippen molar-refractivity contribution in [1.82, 2.24) is 9.88 Å². The SMILES string of the molecule is COc1ccc(-n2cc(/C=C3/C(=O)NC(=S)N(c4ccccc4C)C3=O)cc2C)cc1. The number of carbonyl (C=O) groups excluding carboxylic acids is 2. The molecule has 7 heteroatoms. The molecule has 2 amide bonds. The fraction of sp³-hybridized carbons (Fsp3) is 0.125. The first-order chi connectivity index (χ1) is 14.9. The van der Waals surface area contributed by atoms with Crippen LogP contribution in [-0.4, -0.2) is 28.6 Å². The summed E-state index contributed by atoms with van der Waals surface area (Å²) in [6, 6.07) is 17.0. The molecule has 2 aromatic carbocycles. The van der Waals surface area contributed by atoms with E-state index in [1.54, 1.807) is 19.3 Å². The quantitative estimate of drug-likeness (QED) is 0.386. The number of hydrogen-bond acceptors (Lipinski definition) is 4. The number of methoxy groups -OCH3 is 1. The lowest BCUT2D eigenvalue weighted by atomic mass is 10.1. The van der Waals surface area contributed by atoms with E-state index < -0.39 is 11.8 Å². The summed E-state index contributed by atoms with van der Waals surface area (Å²) in [5.74, 6) is -0.180. The molecule has 2 heterocycles. The van der Waals surface area contributed by atoms with E-state index in [1.807, 2.05) is 73.1 Å². The molecule has 0 radical (unpaired) electrons. The van der Waals surface area contributed by atoms with Gasteiger partial charge in [-0.05, 0) is 79.7 Å². The molecule has 0 spiro atoms. The van der Waals surface area contributed by atoms with Crippen molar-refractivity contribution in [3.8, 4) is 11.4 Å². The number of nitrogens with one attached hydrogen (secondary N) is 1. The second-order valence-electron chi connectivity index (χ2n) is 7.23. The number of ether oxygens (including phenoxy) is 1. The Kier molecular flexibility index (Phi) is 5.44. The highest BCUT2D eigenvalue weighted by Gasteiger charge is 2.35. The predicted molar refractivity (Wildman–Crippen MR) is 124 cm³/mol. The number of para-hydroxylation sites is 1. The predicted octanol–water partition coefficient (Wildman–Crippen LogP) is 3.93. The van der Waals surface area contributed by atoms with Crippen LogP contribution in [0.25, 0.3) is 11.8 Å². The van der Waals surface area contributed by atoms with Crippen LogP contribution in [0.15, 0.2) is 66.4 Å². The molecule has 0 bridgehead atoms. The van der Waals surface area contributed by atoms with Gasteiger partial charge in [-0.25, -0.2) is 0 Å². The van der Waals surface area contributed by atoms with Crippen molar-refractivity contribution in [3.63, 3.8) is 0 Å². The number of thiocarbonyl (C=S) groups is 1. The third-order valence-electron chi connectivity index (χ3n) is 5.15. The Bertz CT molecular complexity index is 1230. The summed E-state index contributed by atoms with van der Waals surface area (Å²) in [5, 5.41) is 2.71. The summed E-state index contributed by atoms with van der Waals surface area (Å²) in [4.78, 5) is 27.2. The monoisotopic (exact) mass is 431 g/mol. The van der Waals surface area contributed by atoms with Gasteiger partial charge >= 0.3 is 0 Å². The Morgan fingerprint density at radius 1 is 1.03 bits per heavy atom. The summed E-state index contributed by atoms with van der Waals surface area (Å²) in [7, 11) is 1.62. The van der Waals surface area contributed by atoms with Crippen molar-refractivity contribution in [2.24, 2.45) is 0 Å². The van der Waals surface area contributed by atoms with E-state index in [2.05, 4.69) is 5.32 Å². The van der Waals surface area contributed by atoms with Gasteiger partial charge in [0.05, 0.1) is 12.8 Å². The van der Waals surface area contributed by atoms with Crippen molar-refractivity contribution in [2.75, 3.05) is 12.0 Å². The van der Waals surface area contributed by atoms with E-state index in [0.717, 1.165) is 28.3 Å². The molecule has 0 atom stereocenters. The number of rotatable bonds is 4. The fourth-order valence-corrected chi connectivity index (χ4v) is 3.83. The minimum atomic E-state index is -0.505. The smallest absolute Gasteiger partial charge is 0.270 e. The molecule has 1 fully saturated rings. The number of amides is 2. The average molecular weight is 432 g/mol. The summed E-state index contributed by atoms with van der Waals surface area (Å²) in [6.07, 6.45) is 3.48. The molecule has 31 heavy (non-hydrogen) atoms. The standard InChI is InChI=1S/C24H21N3O3S/c1-15-6-4-5-7-21(15)27-23(29)20(22(28)25-24(27)31)13-17-12-16(2)26(14-17)18-8-10-19(30-3)11-9-18/h4-14H,1-3H3,(H,25,28,31)/b20-13-. The average Bonchev–Trinajstić information content (AvgIpc) is 3.12. The third-order valence-corrected chi connectivity index (χ3v) is 5.44. The second kappa shape index (κ2) is 8.20. The summed E-state index contributed by atoms with van der Waals surface area (Å²) >= 11 is 5.28. The van der Waals surface area contributed by atoms with Crippen molar-refractivity contribution in [3.05, 3.63) is 83.2 Å². The number of anilines is 1. The van der Waals surface area contributed by atoms with Gasteiger partial charge in [0.1, 0.15) is 11.3 Å². The molecule has 1 aromatic heterocycles. The van der Waals surface area contributed by atoms with Crippen LogP contribution in [0.3, 0.4) is 0 Å². The molecule has 3 aromatic rings. The topological polar surface area (TPSA) is 63.6 Å². The number of aromatic nitrogens is 1. The third kappa shape index (κ3) is 3.87. The molecule has 0 saturated carbocycles. The van der Waals surface area contributed by atoms with Crippen molar-refractivity contribution < 1.29 is 14.3 Å². The van der Waals surface area contributed by atoms with Crippen LogP contribution in [0.2, 0.25) is 0 Å². The first kappa shape index (κ1) is 20.6. The van der Waals surface area contributed by atoms with E-state index in [4.69, 9.17) is 17.0 Å². The van der Waals surface area contributed by atoms with Gasteiger partial charge < -0.3 is 9.30 Å². The van der Waals surface area contributed by atoms with Crippen LogP contribution in [0.5, 0.6) is 5.75 Å².